The highest BCUT2D eigenvalue weighted by Crippen LogP contribution is 2.33. The Hall–Kier alpha value is -0.710. The first kappa shape index (κ1) is 13.7. The van der Waals surface area contributed by atoms with Crippen molar-refractivity contribution in [3.05, 3.63) is 68.4 Å². The summed E-state index contributed by atoms with van der Waals surface area (Å²) in [4.78, 5) is 0. The van der Waals surface area contributed by atoms with E-state index in [4.69, 9.17) is 0 Å². The van der Waals surface area contributed by atoms with Crippen LogP contribution in [0.2, 0.25) is 0 Å². The van der Waals surface area contributed by atoms with Crippen molar-refractivity contribution < 1.29 is 9.50 Å². The molecule has 0 radical (unpaired) electrons. The fraction of sp³-hybridized carbons (Fsp3) is 0.143. The van der Waals surface area contributed by atoms with Crippen LogP contribution in [0.5, 0.6) is 0 Å². The zero-order valence-corrected chi connectivity index (χ0v) is 12.8. The second kappa shape index (κ2) is 5.11. The summed E-state index contributed by atoms with van der Waals surface area (Å²) in [6.07, 6.45) is 0. The van der Waals surface area contributed by atoms with Gasteiger partial charge in [-0.2, -0.15) is 0 Å². The van der Waals surface area contributed by atoms with E-state index in [9.17, 15) is 9.50 Å². The van der Waals surface area contributed by atoms with Crippen LogP contribution in [0.15, 0.2) is 51.4 Å². The van der Waals surface area contributed by atoms with E-state index in [1.807, 2.05) is 12.1 Å². The van der Waals surface area contributed by atoms with Crippen LogP contribution in [0.4, 0.5) is 4.39 Å². The third-order valence-corrected chi connectivity index (χ3v) is 3.83. The topological polar surface area (TPSA) is 20.2 Å². The maximum Gasteiger partial charge on any atom is 0.129 e. The van der Waals surface area contributed by atoms with Gasteiger partial charge in [-0.25, -0.2) is 4.39 Å². The van der Waals surface area contributed by atoms with Crippen LogP contribution in [-0.4, -0.2) is 5.11 Å². The van der Waals surface area contributed by atoms with Gasteiger partial charge in [-0.3, -0.25) is 0 Å². The molecule has 0 fully saturated rings. The van der Waals surface area contributed by atoms with Gasteiger partial charge < -0.3 is 5.11 Å². The van der Waals surface area contributed by atoms with Gasteiger partial charge >= 0.3 is 0 Å². The number of benzene rings is 2. The van der Waals surface area contributed by atoms with E-state index in [1.54, 1.807) is 31.2 Å². The van der Waals surface area contributed by atoms with Crippen molar-refractivity contribution in [1.29, 1.82) is 0 Å². The van der Waals surface area contributed by atoms with Crippen LogP contribution in [0.1, 0.15) is 18.1 Å². The molecule has 0 aliphatic heterocycles. The maximum atomic E-state index is 13.9. The summed E-state index contributed by atoms with van der Waals surface area (Å²) in [6, 6.07) is 11.8. The first-order chi connectivity index (χ1) is 8.41. The average molecular weight is 374 g/mol. The number of halogens is 3. The van der Waals surface area contributed by atoms with E-state index < -0.39 is 11.4 Å². The van der Waals surface area contributed by atoms with Gasteiger partial charge in [-0.05, 0) is 42.8 Å². The van der Waals surface area contributed by atoms with Gasteiger partial charge in [0.05, 0.1) is 0 Å². The molecule has 94 valence electrons. The third-order valence-electron chi connectivity index (χ3n) is 2.84. The van der Waals surface area contributed by atoms with E-state index in [0.717, 1.165) is 8.95 Å². The number of hydrogen-bond donors (Lipinski definition) is 1. The molecule has 1 nitrogen and oxygen atoms in total. The van der Waals surface area contributed by atoms with Crippen molar-refractivity contribution in [3.8, 4) is 0 Å². The van der Waals surface area contributed by atoms with Crippen molar-refractivity contribution in [2.45, 2.75) is 12.5 Å². The van der Waals surface area contributed by atoms with Crippen LogP contribution in [0.3, 0.4) is 0 Å². The van der Waals surface area contributed by atoms with Crippen molar-refractivity contribution in [2.75, 3.05) is 0 Å². The van der Waals surface area contributed by atoms with E-state index in [-0.39, 0.29) is 5.56 Å². The van der Waals surface area contributed by atoms with Gasteiger partial charge in [0.1, 0.15) is 11.4 Å². The summed E-state index contributed by atoms with van der Waals surface area (Å²) in [5.41, 5.74) is -0.499. The van der Waals surface area contributed by atoms with Crippen LogP contribution in [-0.2, 0) is 5.60 Å². The lowest BCUT2D eigenvalue weighted by atomic mass is 9.88. The molecule has 2 aromatic carbocycles. The molecule has 0 aliphatic carbocycles. The zero-order valence-electron chi connectivity index (χ0n) is 9.62. The third kappa shape index (κ3) is 2.66. The molecule has 0 heterocycles. The molecule has 0 saturated heterocycles. The molecule has 2 aromatic rings. The molecule has 0 bridgehead atoms. The molecule has 1 atom stereocenters. The summed E-state index contributed by atoms with van der Waals surface area (Å²) >= 11 is 6.63. The lowest BCUT2D eigenvalue weighted by Gasteiger charge is -2.25. The first-order valence-corrected chi connectivity index (χ1v) is 6.94. The monoisotopic (exact) mass is 372 g/mol. The fourth-order valence-corrected chi connectivity index (χ4v) is 2.58. The summed E-state index contributed by atoms with van der Waals surface area (Å²) in [5.74, 6) is -0.428. The van der Waals surface area contributed by atoms with E-state index in [1.165, 1.54) is 6.07 Å². The Bertz CT molecular complexity index is 582. The van der Waals surface area contributed by atoms with Crippen LogP contribution >= 0.6 is 31.9 Å². The Morgan fingerprint density at radius 1 is 1.06 bits per heavy atom. The normalized spacial score (nSPS) is 14.3. The van der Waals surface area contributed by atoms with E-state index >= 15 is 0 Å². The fourth-order valence-electron chi connectivity index (χ4n) is 1.82. The Labute approximate surface area is 122 Å². The van der Waals surface area contributed by atoms with Gasteiger partial charge in [0.25, 0.3) is 0 Å². The summed E-state index contributed by atoms with van der Waals surface area (Å²) < 4.78 is 15.4. The van der Waals surface area contributed by atoms with Crippen LogP contribution in [0, 0.1) is 5.82 Å². The standard InChI is InChI=1S/C14H11Br2FO/c1-14(18,9-3-2-4-10(15)7-9)12-8-11(16)5-6-13(12)17/h2-8,18H,1H3. The Kier molecular flexibility index (Phi) is 3.90. The molecule has 0 spiro atoms. The minimum atomic E-state index is -1.38. The molecule has 0 aliphatic rings. The maximum absolute atomic E-state index is 13.9. The van der Waals surface area contributed by atoms with E-state index in [2.05, 4.69) is 31.9 Å². The minimum absolute atomic E-state index is 0.245. The molecule has 1 unspecified atom stereocenters. The van der Waals surface area contributed by atoms with Gasteiger partial charge in [0.2, 0.25) is 0 Å². The first-order valence-electron chi connectivity index (χ1n) is 5.35. The highest BCUT2D eigenvalue weighted by Gasteiger charge is 2.29. The van der Waals surface area contributed by atoms with Crippen molar-refractivity contribution in [3.63, 3.8) is 0 Å². The van der Waals surface area contributed by atoms with Gasteiger partial charge in [0, 0.05) is 14.5 Å². The molecule has 18 heavy (non-hydrogen) atoms. The van der Waals surface area contributed by atoms with Gasteiger partial charge in [0.15, 0.2) is 0 Å². The zero-order chi connectivity index (χ0) is 13.3. The molecular weight excluding hydrogens is 363 g/mol. The van der Waals surface area contributed by atoms with Gasteiger partial charge in [-0.15, -0.1) is 0 Å². The number of aliphatic hydroxyl groups is 1. The largest absolute Gasteiger partial charge is 0.381 e. The lowest BCUT2D eigenvalue weighted by molar-refractivity contribution is 0.0978. The van der Waals surface area contributed by atoms with Crippen molar-refractivity contribution in [1.82, 2.24) is 0 Å². The van der Waals surface area contributed by atoms with Crippen LogP contribution in [0.25, 0.3) is 0 Å². The molecule has 4 heteroatoms. The smallest absolute Gasteiger partial charge is 0.129 e. The minimum Gasteiger partial charge on any atom is -0.381 e. The van der Waals surface area contributed by atoms with E-state index in [0.29, 0.717) is 5.56 Å². The average Bonchev–Trinajstić information content (AvgIpc) is 2.32. The highest BCUT2D eigenvalue weighted by molar-refractivity contribution is 9.10. The highest BCUT2D eigenvalue weighted by atomic mass is 79.9. The number of rotatable bonds is 2. The predicted molar refractivity (Wildman–Crippen MR) is 76.9 cm³/mol. The quantitative estimate of drug-likeness (QED) is 0.815. The Morgan fingerprint density at radius 3 is 2.39 bits per heavy atom. The number of hydrogen-bond acceptors (Lipinski definition) is 1. The molecule has 0 saturated carbocycles. The molecule has 1 N–H and O–H groups in total. The molecular formula is C14H11Br2FO. The lowest BCUT2D eigenvalue weighted by Crippen LogP contribution is -2.24. The second-order valence-electron chi connectivity index (χ2n) is 4.21. The molecule has 0 aromatic heterocycles. The predicted octanol–water partition coefficient (Wildman–Crippen LogP) is 4.61. The Morgan fingerprint density at radius 2 is 1.72 bits per heavy atom. The van der Waals surface area contributed by atoms with Crippen molar-refractivity contribution in [2.24, 2.45) is 0 Å². The summed E-state index contributed by atoms with van der Waals surface area (Å²) in [7, 11) is 0. The molecule has 2 rings (SSSR count). The summed E-state index contributed by atoms with van der Waals surface area (Å²) in [6.45, 7) is 1.58. The van der Waals surface area contributed by atoms with Crippen LogP contribution < -0.4 is 0 Å². The second-order valence-corrected chi connectivity index (χ2v) is 6.04. The van der Waals surface area contributed by atoms with Gasteiger partial charge in [-0.1, -0.05) is 44.0 Å². The summed E-state index contributed by atoms with van der Waals surface area (Å²) in [5, 5.41) is 10.6. The Balaban J connectivity index is 2.57. The van der Waals surface area contributed by atoms with Crippen molar-refractivity contribution >= 4 is 31.9 Å². The SMILES string of the molecule is CC(O)(c1cccc(Br)c1)c1cc(Br)ccc1F. The molecule has 0 amide bonds.